The molecule has 0 radical (unpaired) electrons. The normalized spacial score (nSPS) is 20.2. The summed E-state index contributed by atoms with van der Waals surface area (Å²) >= 11 is 0. The molecule has 9 heteroatoms. The lowest BCUT2D eigenvalue weighted by atomic mass is 9.92. The fourth-order valence-electron chi connectivity index (χ4n) is 2.52. The molecule has 7 nitrogen and oxygen atoms in total. The zero-order valence-corrected chi connectivity index (χ0v) is 14.0. The lowest BCUT2D eigenvalue weighted by molar-refractivity contribution is -0.135. The van der Waals surface area contributed by atoms with Crippen LogP contribution in [-0.4, -0.2) is 41.9 Å². The zero-order chi connectivity index (χ0) is 18.8. The molecule has 1 aliphatic rings. The summed E-state index contributed by atoms with van der Waals surface area (Å²) in [5.41, 5.74) is -1.00. The quantitative estimate of drug-likeness (QED) is 0.759. The molecule has 0 saturated carbocycles. The summed E-state index contributed by atoms with van der Waals surface area (Å²) in [6, 6.07) is 4.56. The molecule has 136 valence electrons. The molecule has 0 aliphatic carbocycles. The van der Waals surface area contributed by atoms with E-state index in [1.165, 1.54) is 31.2 Å². The topological polar surface area (TPSA) is 87.7 Å². The van der Waals surface area contributed by atoms with Crippen LogP contribution in [0.2, 0.25) is 0 Å². The number of hydrogen-bond acceptors (Lipinski definition) is 4. The van der Waals surface area contributed by atoms with Crippen LogP contribution < -0.4 is 15.4 Å². The van der Waals surface area contributed by atoms with Gasteiger partial charge in [-0.3, -0.25) is 14.5 Å². The average molecular weight is 355 g/mol. The van der Waals surface area contributed by atoms with Crippen molar-refractivity contribution < 1.29 is 27.9 Å². The summed E-state index contributed by atoms with van der Waals surface area (Å²) in [6.45, 7) is 1.65. The third-order valence-corrected chi connectivity index (χ3v) is 3.68. The number of alkyl halides is 2. The van der Waals surface area contributed by atoms with Gasteiger partial charge in [0.15, 0.2) is 0 Å². The lowest BCUT2D eigenvalue weighted by Gasteiger charge is -2.22. The fourth-order valence-corrected chi connectivity index (χ4v) is 2.52. The molecule has 1 heterocycles. The van der Waals surface area contributed by atoms with E-state index in [-0.39, 0.29) is 11.8 Å². The predicted octanol–water partition coefficient (Wildman–Crippen LogP) is 1.58. The summed E-state index contributed by atoms with van der Waals surface area (Å²) in [4.78, 5) is 37.4. The second-order valence-corrected chi connectivity index (χ2v) is 6.07. The van der Waals surface area contributed by atoms with E-state index in [2.05, 4.69) is 15.4 Å². The second kappa shape index (κ2) is 7.04. The first-order chi connectivity index (χ1) is 11.6. The third-order valence-electron chi connectivity index (χ3n) is 3.68. The van der Waals surface area contributed by atoms with Gasteiger partial charge in [0, 0.05) is 6.04 Å². The minimum absolute atomic E-state index is 0.0627. The highest BCUT2D eigenvalue weighted by molar-refractivity contribution is 6.09. The van der Waals surface area contributed by atoms with E-state index < -0.39 is 36.5 Å². The lowest BCUT2D eigenvalue weighted by Crippen LogP contribution is -2.44. The second-order valence-electron chi connectivity index (χ2n) is 6.07. The molecule has 1 fully saturated rings. The van der Waals surface area contributed by atoms with Gasteiger partial charge in [0.25, 0.3) is 5.91 Å². The number of nitrogens with one attached hydrogen (secondary N) is 2. The molecule has 2 N–H and O–H groups in total. The van der Waals surface area contributed by atoms with Gasteiger partial charge in [-0.25, -0.2) is 4.79 Å². The van der Waals surface area contributed by atoms with Crippen LogP contribution in [0.15, 0.2) is 24.3 Å². The maximum Gasteiger partial charge on any atom is 0.387 e. The SMILES string of the molecule is CC(C)NC(=O)CN1C(=O)N[C@](C)(c2ccc(OC(F)F)cc2)C1=O. The summed E-state index contributed by atoms with van der Waals surface area (Å²) in [6.07, 6.45) is 0. The predicted molar refractivity (Wildman–Crippen MR) is 83.9 cm³/mol. The van der Waals surface area contributed by atoms with E-state index in [9.17, 15) is 23.2 Å². The first kappa shape index (κ1) is 18.6. The van der Waals surface area contributed by atoms with Gasteiger partial charge >= 0.3 is 12.6 Å². The van der Waals surface area contributed by atoms with Crippen molar-refractivity contribution in [2.24, 2.45) is 0 Å². The van der Waals surface area contributed by atoms with Gasteiger partial charge in [-0.2, -0.15) is 8.78 Å². The van der Waals surface area contributed by atoms with E-state index in [1.54, 1.807) is 13.8 Å². The standard InChI is InChI=1S/C16H19F2N3O4/c1-9(2)19-12(22)8-21-13(23)16(3,20-15(21)24)10-4-6-11(7-5-10)25-14(17)18/h4-7,9,14H,8H2,1-3H3,(H,19,22)(H,20,24)/t16-/m1/s1. The van der Waals surface area contributed by atoms with Crippen LogP contribution in [0.5, 0.6) is 5.75 Å². The van der Waals surface area contributed by atoms with Crippen LogP contribution in [0.3, 0.4) is 0 Å². The van der Waals surface area contributed by atoms with Crippen LogP contribution in [0.25, 0.3) is 0 Å². The van der Waals surface area contributed by atoms with Crippen molar-refractivity contribution >= 4 is 17.8 Å². The van der Waals surface area contributed by atoms with Crippen LogP contribution in [0.4, 0.5) is 13.6 Å². The molecule has 1 aromatic rings. The zero-order valence-electron chi connectivity index (χ0n) is 14.0. The van der Waals surface area contributed by atoms with E-state index >= 15 is 0 Å². The highest BCUT2D eigenvalue weighted by atomic mass is 19.3. The number of urea groups is 1. The molecule has 0 spiro atoms. The molecule has 1 saturated heterocycles. The van der Waals surface area contributed by atoms with E-state index in [0.29, 0.717) is 5.56 Å². The number of carbonyl (C=O) groups is 3. The highest BCUT2D eigenvalue weighted by Gasteiger charge is 2.49. The van der Waals surface area contributed by atoms with Crippen molar-refractivity contribution in [1.82, 2.24) is 15.5 Å². The van der Waals surface area contributed by atoms with E-state index in [4.69, 9.17) is 0 Å². The third kappa shape index (κ3) is 4.04. The Kier molecular flexibility index (Phi) is 5.24. The monoisotopic (exact) mass is 355 g/mol. The van der Waals surface area contributed by atoms with Gasteiger partial charge in [0.2, 0.25) is 5.91 Å². The van der Waals surface area contributed by atoms with Crippen molar-refractivity contribution in [3.63, 3.8) is 0 Å². The summed E-state index contributed by atoms with van der Waals surface area (Å²) in [7, 11) is 0. The van der Waals surface area contributed by atoms with Gasteiger partial charge < -0.3 is 15.4 Å². The Hall–Kier alpha value is -2.71. The minimum atomic E-state index is -2.95. The number of amides is 4. The largest absolute Gasteiger partial charge is 0.435 e. The fraction of sp³-hybridized carbons (Fsp3) is 0.438. The highest BCUT2D eigenvalue weighted by Crippen LogP contribution is 2.30. The Balaban J connectivity index is 2.17. The number of rotatable bonds is 6. The molecule has 1 aliphatic heterocycles. The van der Waals surface area contributed by atoms with Gasteiger partial charge in [-0.1, -0.05) is 12.1 Å². The first-order valence-electron chi connectivity index (χ1n) is 7.62. The Labute approximate surface area is 143 Å². The van der Waals surface area contributed by atoms with Gasteiger partial charge in [0.1, 0.15) is 17.8 Å². The number of hydrogen-bond donors (Lipinski definition) is 2. The molecule has 2 rings (SSSR count). The molecule has 4 amide bonds. The maximum absolute atomic E-state index is 12.6. The first-order valence-corrected chi connectivity index (χ1v) is 7.62. The van der Waals surface area contributed by atoms with Gasteiger partial charge in [-0.15, -0.1) is 0 Å². The van der Waals surface area contributed by atoms with Crippen molar-refractivity contribution in [3.05, 3.63) is 29.8 Å². The minimum Gasteiger partial charge on any atom is -0.435 e. The number of ether oxygens (including phenoxy) is 1. The van der Waals surface area contributed by atoms with Crippen LogP contribution in [-0.2, 0) is 15.1 Å². The summed E-state index contributed by atoms with van der Waals surface area (Å²) in [5.74, 6) is -1.12. The maximum atomic E-state index is 12.6. The molecule has 1 atom stereocenters. The molecule has 1 aromatic carbocycles. The molecule has 0 bridgehead atoms. The van der Waals surface area contributed by atoms with Crippen LogP contribution in [0.1, 0.15) is 26.3 Å². The number of benzene rings is 1. The molecule has 25 heavy (non-hydrogen) atoms. The average Bonchev–Trinajstić information content (AvgIpc) is 2.71. The van der Waals surface area contributed by atoms with Gasteiger partial charge in [-0.05, 0) is 38.5 Å². The number of halogens is 2. The van der Waals surface area contributed by atoms with E-state index in [0.717, 1.165) is 4.90 Å². The van der Waals surface area contributed by atoms with Crippen molar-refractivity contribution in [1.29, 1.82) is 0 Å². The van der Waals surface area contributed by atoms with Crippen molar-refractivity contribution in [3.8, 4) is 5.75 Å². The van der Waals surface area contributed by atoms with Crippen molar-refractivity contribution in [2.75, 3.05) is 6.54 Å². The Morgan fingerprint density at radius 1 is 1.28 bits per heavy atom. The Morgan fingerprint density at radius 2 is 1.88 bits per heavy atom. The molecular formula is C16H19F2N3O4. The molecule has 0 aromatic heterocycles. The van der Waals surface area contributed by atoms with E-state index in [1.807, 2.05) is 0 Å². The van der Waals surface area contributed by atoms with Crippen LogP contribution >= 0.6 is 0 Å². The number of imide groups is 1. The molecular weight excluding hydrogens is 336 g/mol. The van der Waals surface area contributed by atoms with Crippen molar-refractivity contribution in [2.45, 2.75) is 39.0 Å². The Morgan fingerprint density at radius 3 is 2.40 bits per heavy atom. The number of nitrogens with zero attached hydrogens (tertiary/aromatic N) is 1. The summed E-state index contributed by atoms with van der Waals surface area (Å²) < 4.78 is 28.6. The Bertz CT molecular complexity index is 678. The summed E-state index contributed by atoms with van der Waals surface area (Å²) in [5, 5.41) is 5.14. The van der Waals surface area contributed by atoms with Crippen LogP contribution in [0, 0.1) is 0 Å². The molecule has 0 unspecified atom stereocenters. The smallest absolute Gasteiger partial charge is 0.387 e. The number of carbonyl (C=O) groups excluding carboxylic acids is 3. The van der Waals surface area contributed by atoms with Gasteiger partial charge in [0.05, 0.1) is 0 Å².